The van der Waals surface area contributed by atoms with E-state index < -0.39 is 4.92 Å². The van der Waals surface area contributed by atoms with Crippen LogP contribution >= 0.6 is 23.2 Å². The molecule has 1 aliphatic rings. The summed E-state index contributed by atoms with van der Waals surface area (Å²) in [4.78, 5) is 29.3. The monoisotopic (exact) mass is 479 g/mol. The third-order valence-corrected chi connectivity index (χ3v) is 6.64. The number of aromatic amines is 1. The van der Waals surface area contributed by atoms with E-state index in [1.54, 1.807) is 4.90 Å². The van der Waals surface area contributed by atoms with Crippen molar-refractivity contribution in [1.29, 1.82) is 0 Å². The van der Waals surface area contributed by atoms with Crippen molar-refractivity contribution < 1.29 is 9.72 Å². The number of H-pyrrole nitrogens is 1. The molecule has 1 fully saturated rings. The van der Waals surface area contributed by atoms with Crippen molar-refractivity contribution in [2.45, 2.75) is 18.9 Å². The number of aromatic nitrogens is 1. The summed E-state index contributed by atoms with van der Waals surface area (Å²) in [5, 5.41) is 12.8. The Hall–Kier alpha value is -3.35. The number of hydrogen-bond donors (Lipinski definition) is 1. The van der Waals surface area contributed by atoms with Crippen LogP contribution in [0.3, 0.4) is 0 Å². The number of non-ortho nitro benzene ring substituents is 1. The predicted octanol–water partition coefficient (Wildman–Crippen LogP) is 7.03. The summed E-state index contributed by atoms with van der Waals surface area (Å²) >= 11 is 12.6. The standard InChI is InChI=1S/C25H19Cl2N3O3/c26-16-8-11-21-19(13-16)23(15-5-2-1-3-6-15)24(28-21)22-7-4-12-29(22)25(31)18-10-9-17(30(32)33)14-20(18)27/h1-3,5-6,8-11,13-14,22,28H,4,7,12H2. The normalized spacial score (nSPS) is 15.8. The van der Waals surface area contributed by atoms with Crippen LogP contribution in [-0.4, -0.2) is 27.3 Å². The van der Waals surface area contributed by atoms with Crippen LogP contribution in [-0.2, 0) is 0 Å². The Morgan fingerprint density at radius 3 is 2.58 bits per heavy atom. The summed E-state index contributed by atoms with van der Waals surface area (Å²) in [6, 6.07) is 19.5. The Balaban J connectivity index is 1.60. The number of carbonyl (C=O) groups excluding carboxylic acids is 1. The lowest BCUT2D eigenvalue weighted by molar-refractivity contribution is -0.384. The van der Waals surface area contributed by atoms with E-state index in [9.17, 15) is 14.9 Å². The highest BCUT2D eigenvalue weighted by molar-refractivity contribution is 6.34. The lowest BCUT2D eigenvalue weighted by atomic mass is 9.97. The predicted molar refractivity (Wildman–Crippen MR) is 130 cm³/mol. The van der Waals surface area contributed by atoms with Gasteiger partial charge in [0.25, 0.3) is 11.6 Å². The molecule has 6 nitrogen and oxygen atoms in total. The molecule has 0 bridgehead atoms. The molecule has 0 radical (unpaired) electrons. The molecule has 5 rings (SSSR count). The van der Waals surface area contributed by atoms with Gasteiger partial charge >= 0.3 is 0 Å². The van der Waals surface area contributed by atoms with Gasteiger partial charge in [-0.15, -0.1) is 0 Å². The van der Waals surface area contributed by atoms with Crippen LogP contribution in [0.15, 0.2) is 66.7 Å². The van der Waals surface area contributed by atoms with Gasteiger partial charge in [0, 0.05) is 45.9 Å². The molecule has 1 unspecified atom stereocenters. The number of nitro benzene ring substituents is 1. The van der Waals surface area contributed by atoms with Crippen LogP contribution in [0.4, 0.5) is 5.69 Å². The zero-order valence-corrected chi connectivity index (χ0v) is 18.9. The summed E-state index contributed by atoms with van der Waals surface area (Å²) in [6.07, 6.45) is 1.63. The third-order valence-electron chi connectivity index (χ3n) is 6.09. The molecule has 2 heterocycles. The molecule has 166 valence electrons. The molecule has 1 N–H and O–H groups in total. The Kier molecular flexibility index (Phi) is 5.56. The first kappa shape index (κ1) is 21.5. The lowest BCUT2D eigenvalue weighted by Gasteiger charge is -2.26. The molecule has 0 saturated carbocycles. The van der Waals surface area contributed by atoms with E-state index in [1.807, 2.05) is 48.5 Å². The molecular formula is C25H19Cl2N3O3. The third kappa shape index (κ3) is 3.86. The van der Waals surface area contributed by atoms with Gasteiger partial charge in [0.05, 0.1) is 21.6 Å². The van der Waals surface area contributed by atoms with Crippen LogP contribution in [0, 0.1) is 10.1 Å². The lowest BCUT2D eigenvalue weighted by Crippen LogP contribution is -2.31. The molecule has 4 aromatic rings. The number of halogens is 2. The van der Waals surface area contributed by atoms with E-state index in [0.717, 1.165) is 40.6 Å². The van der Waals surface area contributed by atoms with E-state index in [1.165, 1.54) is 18.2 Å². The minimum Gasteiger partial charge on any atom is -0.356 e. The Morgan fingerprint density at radius 2 is 1.85 bits per heavy atom. The number of benzene rings is 3. The number of fused-ring (bicyclic) bond motifs is 1. The summed E-state index contributed by atoms with van der Waals surface area (Å²) in [6.45, 7) is 0.571. The topological polar surface area (TPSA) is 79.2 Å². The van der Waals surface area contributed by atoms with E-state index in [-0.39, 0.29) is 28.2 Å². The molecule has 3 aromatic carbocycles. The zero-order chi connectivity index (χ0) is 23.1. The highest BCUT2D eigenvalue weighted by Crippen LogP contribution is 2.43. The molecule has 0 spiro atoms. The van der Waals surface area contributed by atoms with Crippen molar-refractivity contribution >= 4 is 45.7 Å². The fraction of sp³-hybridized carbons (Fsp3) is 0.160. The Labute approximate surface area is 199 Å². The maximum absolute atomic E-state index is 13.5. The van der Waals surface area contributed by atoms with Crippen molar-refractivity contribution in [2.24, 2.45) is 0 Å². The highest BCUT2D eigenvalue weighted by atomic mass is 35.5. The van der Waals surface area contributed by atoms with Crippen LogP contribution in [0.5, 0.6) is 0 Å². The zero-order valence-electron chi connectivity index (χ0n) is 17.4. The molecular weight excluding hydrogens is 461 g/mol. The minimum atomic E-state index is -0.527. The maximum Gasteiger partial charge on any atom is 0.270 e. The summed E-state index contributed by atoms with van der Waals surface area (Å²) < 4.78 is 0. The molecule has 8 heteroatoms. The minimum absolute atomic E-state index is 0.0755. The molecule has 1 aliphatic heterocycles. The van der Waals surface area contributed by atoms with Crippen molar-refractivity contribution in [3.8, 4) is 11.1 Å². The fourth-order valence-electron chi connectivity index (χ4n) is 4.61. The number of nitro groups is 1. The quantitative estimate of drug-likeness (QED) is 0.252. The van der Waals surface area contributed by atoms with Gasteiger partial charge in [0.2, 0.25) is 0 Å². The van der Waals surface area contributed by atoms with Crippen molar-refractivity contribution in [2.75, 3.05) is 6.54 Å². The van der Waals surface area contributed by atoms with Gasteiger partial charge in [0.1, 0.15) is 0 Å². The van der Waals surface area contributed by atoms with Crippen LogP contribution in [0.1, 0.15) is 34.9 Å². The van der Waals surface area contributed by atoms with Gasteiger partial charge in [-0.05, 0) is 42.7 Å². The molecule has 33 heavy (non-hydrogen) atoms. The van der Waals surface area contributed by atoms with Gasteiger partial charge < -0.3 is 9.88 Å². The van der Waals surface area contributed by atoms with Gasteiger partial charge in [-0.1, -0.05) is 53.5 Å². The molecule has 0 aliphatic carbocycles. The maximum atomic E-state index is 13.5. The van der Waals surface area contributed by atoms with Crippen LogP contribution in [0.25, 0.3) is 22.0 Å². The molecule has 1 amide bonds. The van der Waals surface area contributed by atoms with Gasteiger partial charge in [0.15, 0.2) is 0 Å². The highest BCUT2D eigenvalue weighted by Gasteiger charge is 2.35. The first-order chi connectivity index (χ1) is 15.9. The Bertz CT molecular complexity index is 1380. The number of hydrogen-bond acceptors (Lipinski definition) is 3. The smallest absolute Gasteiger partial charge is 0.270 e. The molecule has 1 atom stereocenters. The van der Waals surface area contributed by atoms with Crippen molar-refractivity contribution in [3.05, 3.63) is 98.1 Å². The average Bonchev–Trinajstić information content (AvgIpc) is 3.43. The number of likely N-dealkylation sites (tertiary alicyclic amines) is 1. The van der Waals surface area contributed by atoms with E-state index in [0.29, 0.717) is 11.6 Å². The molecule has 1 saturated heterocycles. The number of amides is 1. The SMILES string of the molecule is O=C(c1ccc([N+](=O)[O-])cc1Cl)N1CCCC1c1[nH]c2ccc(Cl)cc2c1-c1ccccc1. The second-order valence-corrected chi connectivity index (χ2v) is 8.89. The Morgan fingerprint density at radius 1 is 1.06 bits per heavy atom. The average molecular weight is 480 g/mol. The van der Waals surface area contributed by atoms with Crippen molar-refractivity contribution in [3.63, 3.8) is 0 Å². The molecule has 1 aromatic heterocycles. The first-order valence-electron chi connectivity index (χ1n) is 10.6. The summed E-state index contributed by atoms with van der Waals surface area (Å²) in [5.41, 5.74) is 4.06. The van der Waals surface area contributed by atoms with E-state index in [2.05, 4.69) is 4.98 Å². The van der Waals surface area contributed by atoms with Gasteiger partial charge in [-0.2, -0.15) is 0 Å². The number of rotatable bonds is 4. The van der Waals surface area contributed by atoms with E-state index in [4.69, 9.17) is 23.2 Å². The summed E-state index contributed by atoms with van der Waals surface area (Å²) in [7, 11) is 0. The van der Waals surface area contributed by atoms with Crippen LogP contribution < -0.4 is 0 Å². The first-order valence-corrected chi connectivity index (χ1v) is 11.3. The second-order valence-electron chi connectivity index (χ2n) is 8.05. The van der Waals surface area contributed by atoms with Crippen LogP contribution in [0.2, 0.25) is 10.0 Å². The fourth-order valence-corrected chi connectivity index (χ4v) is 5.03. The largest absolute Gasteiger partial charge is 0.356 e. The second kappa shape index (κ2) is 8.54. The van der Waals surface area contributed by atoms with Gasteiger partial charge in [-0.25, -0.2) is 0 Å². The van der Waals surface area contributed by atoms with E-state index >= 15 is 0 Å². The van der Waals surface area contributed by atoms with Gasteiger partial charge in [-0.3, -0.25) is 14.9 Å². The van der Waals surface area contributed by atoms with Crippen molar-refractivity contribution in [1.82, 2.24) is 9.88 Å². The number of nitrogens with one attached hydrogen (secondary N) is 1. The number of nitrogens with zero attached hydrogens (tertiary/aromatic N) is 2. The summed E-state index contributed by atoms with van der Waals surface area (Å²) in [5.74, 6) is -0.243. The number of carbonyl (C=O) groups is 1.